The minimum Gasteiger partial charge on any atom is -0.495 e. The first-order valence-electron chi connectivity index (χ1n) is 6.99. The van der Waals surface area contributed by atoms with Crippen LogP contribution < -0.4 is 10.1 Å². The summed E-state index contributed by atoms with van der Waals surface area (Å²) in [6.07, 6.45) is 0.0741. The van der Waals surface area contributed by atoms with E-state index in [0.29, 0.717) is 31.1 Å². The quantitative estimate of drug-likeness (QED) is 0.828. The van der Waals surface area contributed by atoms with Crippen molar-refractivity contribution in [3.05, 3.63) is 24.3 Å². The topological polar surface area (TPSA) is 67.9 Å². The fourth-order valence-corrected chi connectivity index (χ4v) is 2.38. The van der Waals surface area contributed by atoms with E-state index in [9.17, 15) is 9.59 Å². The largest absolute Gasteiger partial charge is 0.495 e. The van der Waals surface area contributed by atoms with E-state index < -0.39 is 6.04 Å². The highest BCUT2D eigenvalue weighted by Crippen LogP contribution is 2.23. The Labute approximate surface area is 124 Å². The first-order chi connectivity index (χ1) is 10.2. The Morgan fingerprint density at radius 1 is 1.48 bits per heavy atom. The lowest BCUT2D eigenvalue weighted by molar-refractivity contribution is -0.158. The van der Waals surface area contributed by atoms with Gasteiger partial charge in [-0.3, -0.25) is 14.5 Å². The second-order valence-corrected chi connectivity index (χ2v) is 4.76. The zero-order valence-corrected chi connectivity index (χ0v) is 12.3. The van der Waals surface area contributed by atoms with E-state index in [1.165, 1.54) is 0 Å². The molecule has 114 valence electrons. The van der Waals surface area contributed by atoms with Crippen molar-refractivity contribution in [2.45, 2.75) is 19.4 Å². The van der Waals surface area contributed by atoms with Gasteiger partial charge in [0.05, 0.1) is 19.2 Å². The number of benzene rings is 1. The maximum absolute atomic E-state index is 12.2. The number of cyclic esters (lactones) is 1. The van der Waals surface area contributed by atoms with E-state index in [4.69, 9.17) is 9.47 Å². The molecule has 1 amide bonds. The summed E-state index contributed by atoms with van der Waals surface area (Å²) in [5, 5.41) is 2.78. The van der Waals surface area contributed by atoms with Crippen molar-refractivity contribution < 1.29 is 19.1 Å². The summed E-state index contributed by atoms with van der Waals surface area (Å²) >= 11 is 0. The van der Waals surface area contributed by atoms with Crippen molar-refractivity contribution in [1.29, 1.82) is 0 Å². The van der Waals surface area contributed by atoms with Gasteiger partial charge in [-0.25, -0.2) is 0 Å². The Hall–Kier alpha value is -2.08. The molecule has 0 aliphatic carbocycles. The number of amides is 1. The summed E-state index contributed by atoms with van der Waals surface area (Å²) in [5.74, 6) is 0.0181. The van der Waals surface area contributed by atoms with Gasteiger partial charge in [0.15, 0.2) is 0 Å². The molecule has 1 aromatic rings. The second-order valence-electron chi connectivity index (χ2n) is 4.76. The maximum atomic E-state index is 12.2. The minimum atomic E-state index is -0.515. The summed E-state index contributed by atoms with van der Waals surface area (Å²) in [5.41, 5.74) is 0.595. The maximum Gasteiger partial charge on any atom is 0.323 e. The molecule has 0 aromatic heterocycles. The molecule has 0 unspecified atom stereocenters. The number of para-hydroxylation sites is 2. The van der Waals surface area contributed by atoms with Gasteiger partial charge in [-0.05, 0) is 18.7 Å². The number of carbonyl (C=O) groups excluding carboxylic acids is 2. The first-order valence-corrected chi connectivity index (χ1v) is 6.99. The Balaban J connectivity index is 2.01. The van der Waals surface area contributed by atoms with Gasteiger partial charge in [0.1, 0.15) is 18.4 Å². The van der Waals surface area contributed by atoms with Gasteiger partial charge in [0, 0.05) is 6.54 Å². The molecule has 1 aliphatic heterocycles. The van der Waals surface area contributed by atoms with Gasteiger partial charge in [0.2, 0.25) is 5.91 Å². The van der Waals surface area contributed by atoms with Crippen LogP contribution >= 0.6 is 0 Å². The molecule has 1 atom stereocenters. The molecule has 6 nitrogen and oxygen atoms in total. The first kappa shape index (κ1) is 15.3. The van der Waals surface area contributed by atoms with Crippen molar-refractivity contribution >= 4 is 17.6 Å². The lowest BCUT2D eigenvalue weighted by Crippen LogP contribution is -2.50. The number of anilines is 1. The number of morpholine rings is 1. The fraction of sp³-hybridized carbons (Fsp3) is 0.467. The van der Waals surface area contributed by atoms with Crippen LogP contribution in [0, 0.1) is 0 Å². The van der Waals surface area contributed by atoms with Crippen LogP contribution in [0.1, 0.15) is 13.3 Å². The van der Waals surface area contributed by atoms with Gasteiger partial charge in [-0.15, -0.1) is 0 Å². The third-order valence-electron chi connectivity index (χ3n) is 3.50. The number of carbonyl (C=O) groups is 2. The van der Waals surface area contributed by atoms with E-state index in [1.54, 1.807) is 19.2 Å². The van der Waals surface area contributed by atoms with Crippen molar-refractivity contribution in [3.63, 3.8) is 0 Å². The Kier molecular flexibility index (Phi) is 5.16. The van der Waals surface area contributed by atoms with Crippen LogP contribution in [0.4, 0.5) is 5.69 Å². The molecule has 21 heavy (non-hydrogen) atoms. The number of nitrogens with one attached hydrogen (secondary N) is 1. The van der Waals surface area contributed by atoms with Crippen molar-refractivity contribution in [2.24, 2.45) is 0 Å². The lowest BCUT2D eigenvalue weighted by atomic mass is 10.1. The molecule has 1 fully saturated rings. The molecule has 1 aromatic carbocycles. The van der Waals surface area contributed by atoms with Crippen LogP contribution in [0.2, 0.25) is 0 Å². The summed E-state index contributed by atoms with van der Waals surface area (Å²) < 4.78 is 10.2. The summed E-state index contributed by atoms with van der Waals surface area (Å²) in [6, 6.07) is 6.64. The monoisotopic (exact) mass is 292 g/mol. The van der Waals surface area contributed by atoms with E-state index in [-0.39, 0.29) is 18.3 Å². The van der Waals surface area contributed by atoms with Gasteiger partial charge >= 0.3 is 5.97 Å². The second kappa shape index (κ2) is 7.08. The highest BCUT2D eigenvalue weighted by molar-refractivity contribution is 5.95. The number of hydrogen-bond donors (Lipinski definition) is 1. The standard InChI is InChI=1S/C15H20N2O4/c1-3-17-8-9-21-15(19)12(17)10-14(18)16-11-6-4-5-7-13(11)20-2/h4-7,12H,3,8-10H2,1-2H3,(H,16,18)/t12-/m1/s1. The molecule has 1 heterocycles. The highest BCUT2D eigenvalue weighted by Gasteiger charge is 2.32. The zero-order chi connectivity index (χ0) is 15.2. The van der Waals surface area contributed by atoms with Crippen LogP contribution in [-0.2, 0) is 14.3 Å². The zero-order valence-electron chi connectivity index (χ0n) is 12.3. The van der Waals surface area contributed by atoms with E-state index in [2.05, 4.69) is 5.32 Å². The number of hydrogen-bond acceptors (Lipinski definition) is 5. The van der Waals surface area contributed by atoms with E-state index in [0.717, 1.165) is 0 Å². The third kappa shape index (κ3) is 3.72. The lowest BCUT2D eigenvalue weighted by Gasteiger charge is -2.32. The van der Waals surface area contributed by atoms with E-state index >= 15 is 0 Å². The predicted octanol–water partition coefficient (Wildman–Crippen LogP) is 1.27. The molecule has 1 saturated heterocycles. The van der Waals surface area contributed by atoms with Gasteiger partial charge in [0.25, 0.3) is 0 Å². The van der Waals surface area contributed by atoms with Crippen LogP contribution in [0.25, 0.3) is 0 Å². The molecule has 1 aliphatic rings. The number of ether oxygens (including phenoxy) is 2. The Morgan fingerprint density at radius 3 is 2.95 bits per heavy atom. The third-order valence-corrected chi connectivity index (χ3v) is 3.50. The van der Waals surface area contributed by atoms with Crippen molar-refractivity contribution in [3.8, 4) is 5.75 Å². The fourth-order valence-electron chi connectivity index (χ4n) is 2.38. The molecule has 0 spiro atoms. The van der Waals surface area contributed by atoms with Crippen molar-refractivity contribution in [1.82, 2.24) is 4.90 Å². The Bertz CT molecular complexity index is 518. The number of methoxy groups -OCH3 is 1. The summed E-state index contributed by atoms with van der Waals surface area (Å²) in [4.78, 5) is 25.9. The van der Waals surface area contributed by atoms with Crippen LogP contribution in [0.3, 0.4) is 0 Å². The number of esters is 1. The molecular weight excluding hydrogens is 272 g/mol. The molecule has 0 saturated carbocycles. The number of likely N-dealkylation sites (N-methyl/N-ethyl adjacent to an activating group) is 1. The predicted molar refractivity (Wildman–Crippen MR) is 78.2 cm³/mol. The number of nitrogens with zero attached hydrogens (tertiary/aromatic N) is 1. The minimum absolute atomic E-state index is 0.0741. The number of rotatable bonds is 5. The van der Waals surface area contributed by atoms with Crippen LogP contribution in [-0.4, -0.2) is 49.6 Å². The van der Waals surface area contributed by atoms with Crippen molar-refractivity contribution in [2.75, 3.05) is 32.1 Å². The summed E-state index contributed by atoms with van der Waals surface area (Å²) in [7, 11) is 1.54. The summed E-state index contributed by atoms with van der Waals surface area (Å²) in [6.45, 7) is 3.72. The normalized spacial score (nSPS) is 19.0. The van der Waals surface area contributed by atoms with E-state index in [1.807, 2.05) is 24.0 Å². The molecule has 0 radical (unpaired) electrons. The van der Waals surface area contributed by atoms with Gasteiger partial charge < -0.3 is 14.8 Å². The van der Waals surface area contributed by atoms with Crippen LogP contribution in [0.15, 0.2) is 24.3 Å². The van der Waals surface area contributed by atoms with Gasteiger partial charge in [-0.1, -0.05) is 19.1 Å². The SMILES string of the molecule is CCN1CCOC(=O)[C@H]1CC(=O)Nc1ccccc1OC. The molecule has 6 heteroatoms. The Morgan fingerprint density at radius 2 is 2.24 bits per heavy atom. The highest BCUT2D eigenvalue weighted by atomic mass is 16.5. The van der Waals surface area contributed by atoms with Crippen LogP contribution in [0.5, 0.6) is 5.75 Å². The molecule has 1 N–H and O–H groups in total. The van der Waals surface area contributed by atoms with Gasteiger partial charge in [-0.2, -0.15) is 0 Å². The average Bonchev–Trinajstić information content (AvgIpc) is 2.49. The molecular formula is C15H20N2O4. The molecule has 0 bridgehead atoms. The smallest absolute Gasteiger partial charge is 0.323 e. The average molecular weight is 292 g/mol. The molecule has 2 rings (SSSR count).